The number of amides is 1. The quantitative estimate of drug-likeness (QED) is 0.632. The van der Waals surface area contributed by atoms with Crippen LogP contribution in [0.5, 0.6) is 5.75 Å². The zero-order valence-corrected chi connectivity index (χ0v) is 19.5. The van der Waals surface area contributed by atoms with Gasteiger partial charge < -0.3 is 20.5 Å². The van der Waals surface area contributed by atoms with Crippen molar-refractivity contribution >= 4 is 5.91 Å². The lowest BCUT2D eigenvalue weighted by atomic mass is 9.51. The van der Waals surface area contributed by atoms with Crippen LogP contribution in [0.4, 0.5) is 4.39 Å². The number of carbonyl (C=O) groups is 1. The minimum atomic E-state index is -0.166. The minimum absolute atomic E-state index is 0.156. The molecule has 5 nitrogen and oxygen atoms in total. The molecule has 5 aliphatic rings. The van der Waals surface area contributed by atoms with Gasteiger partial charge in [-0.3, -0.25) is 4.79 Å². The Labute approximate surface area is 196 Å². The maximum atomic E-state index is 13.3. The van der Waals surface area contributed by atoms with Crippen LogP contribution < -0.4 is 15.8 Å². The Balaban J connectivity index is 1.15. The zero-order valence-electron chi connectivity index (χ0n) is 19.5. The summed E-state index contributed by atoms with van der Waals surface area (Å²) in [5.41, 5.74) is 7.71. The molecule has 1 spiro atoms. The van der Waals surface area contributed by atoms with Gasteiger partial charge in [0, 0.05) is 36.8 Å². The molecule has 3 N–H and O–H groups in total. The van der Waals surface area contributed by atoms with Crippen LogP contribution in [0.1, 0.15) is 69.8 Å². The monoisotopic (exact) mass is 456 g/mol. The predicted molar refractivity (Wildman–Crippen MR) is 126 cm³/mol. The fourth-order valence-electron chi connectivity index (χ4n) is 6.81. The Bertz CT molecular complexity index is 859. The summed E-state index contributed by atoms with van der Waals surface area (Å²) in [4.78, 5) is 13.3. The van der Waals surface area contributed by atoms with E-state index in [0.717, 1.165) is 83.2 Å². The van der Waals surface area contributed by atoms with Crippen molar-refractivity contribution in [1.82, 2.24) is 5.32 Å². The highest BCUT2D eigenvalue weighted by Crippen LogP contribution is 2.58. The second-order valence-corrected chi connectivity index (χ2v) is 11.0. The minimum Gasteiger partial charge on any atom is -0.489 e. The highest BCUT2D eigenvalue weighted by molar-refractivity contribution is 5.83. The summed E-state index contributed by atoms with van der Waals surface area (Å²) < 4.78 is 23.9. The second-order valence-electron chi connectivity index (χ2n) is 11.0. The maximum Gasteiger partial charge on any atom is 0.226 e. The number of hydrogen-bond donors (Lipinski definition) is 2. The van der Waals surface area contributed by atoms with Gasteiger partial charge in [0.1, 0.15) is 12.4 Å². The molecule has 6 heteroatoms. The van der Waals surface area contributed by atoms with E-state index in [0.29, 0.717) is 29.3 Å². The number of carbonyl (C=O) groups excluding carboxylic acids is 1. The first-order valence-corrected chi connectivity index (χ1v) is 12.6. The van der Waals surface area contributed by atoms with Gasteiger partial charge in [0.05, 0.1) is 6.33 Å². The predicted octanol–water partition coefficient (Wildman–Crippen LogP) is 4.54. The number of nitrogens with one attached hydrogen (secondary N) is 1. The fourth-order valence-corrected chi connectivity index (χ4v) is 6.81. The van der Waals surface area contributed by atoms with Crippen LogP contribution in [0.15, 0.2) is 36.2 Å². The van der Waals surface area contributed by atoms with Crippen LogP contribution in [0.2, 0.25) is 0 Å². The SMILES string of the molecule is NC/C(=C\F)COc1ccc(C23CCC(C(=O)NC4CC5(CCOCC5)C4)(CC2)CC3)cc1. The number of fused-ring (bicyclic) bond motifs is 3. The van der Waals surface area contributed by atoms with Gasteiger partial charge in [0.25, 0.3) is 0 Å². The molecular weight excluding hydrogens is 419 g/mol. The van der Waals surface area contributed by atoms with E-state index in [1.807, 2.05) is 12.1 Å². The highest BCUT2D eigenvalue weighted by atomic mass is 19.1. The number of hydrogen-bond acceptors (Lipinski definition) is 4. The molecule has 5 fully saturated rings. The second kappa shape index (κ2) is 9.03. The van der Waals surface area contributed by atoms with Gasteiger partial charge in [-0.2, -0.15) is 0 Å². The van der Waals surface area contributed by atoms with Crippen LogP contribution in [0, 0.1) is 10.8 Å². The lowest BCUT2D eigenvalue weighted by molar-refractivity contribution is -0.141. The number of rotatable bonds is 7. The van der Waals surface area contributed by atoms with Crippen molar-refractivity contribution in [2.24, 2.45) is 16.6 Å². The van der Waals surface area contributed by atoms with Gasteiger partial charge in [-0.05, 0) is 92.7 Å². The number of nitrogens with two attached hydrogens (primary N) is 1. The molecule has 4 saturated carbocycles. The van der Waals surface area contributed by atoms with Crippen molar-refractivity contribution in [2.45, 2.75) is 75.7 Å². The van der Waals surface area contributed by atoms with Gasteiger partial charge in [0.2, 0.25) is 5.91 Å². The van der Waals surface area contributed by atoms with Gasteiger partial charge in [-0.15, -0.1) is 0 Å². The first kappa shape index (κ1) is 22.9. The third-order valence-electron chi connectivity index (χ3n) is 9.28. The normalized spacial score (nSPS) is 31.3. The molecule has 1 aromatic carbocycles. The standard InChI is InChI=1S/C27H37FN2O3/c28-17-20(18-29)19-33-23-3-1-21(2-4-23)26-5-8-27(9-6-26,10-7-26)24(31)30-22-15-25(16-22)11-13-32-14-12-25/h1-4,17,22H,5-16,18-19,29H2,(H,30,31)/b20-17+. The zero-order chi connectivity index (χ0) is 22.9. The first-order chi connectivity index (χ1) is 16.0. The Kier molecular flexibility index (Phi) is 6.25. The molecule has 6 rings (SSSR count). The van der Waals surface area contributed by atoms with Gasteiger partial charge in [-0.25, -0.2) is 4.39 Å². The summed E-state index contributed by atoms with van der Waals surface area (Å²) >= 11 is 0. The Morgan fingerprint density at radius 3 is 2.27 bits per heavy atom. The van der Waals surface area contributed by atoms with Crippen molar-refractivity contribution in [3.8, 4) is 5.75 Å². The van der Waals surface area contributed by atoms with Crippen molar-refractivity contribution in [3.05, 3.63) is 41.7 Å². The Hall–Kier alpha value is -1.92. The summed E-state index contributed by atoms with van der Waals surface area (Å²) in [6, 6.07) is 8.61. The molecule has 0 unspecified atom stereocenters. The Morgan fingerprint density at radius 2 is 1.70 bits per heavy atom. The van der Waals surface area contributed by atoms with E-state index < -0.39 is 0 Å². The first-order valence-electron chi connectivity index (χ1n) is 12.6. The van der Waals surface area contributed by atoms with Gasteiger partial charge >= 0.3 is 0 Å². The molecule has 0 radical (unpaired) electrons. The third kappa shape index (κ3) is 4.32. The van der Waals surface area contributed by atoms with E-state index in [4.69, 9.17) is 15.2 Å². The van der Waals surface area contributed by atoms with Crippen LogP contribution in [0.25, 0.3) is 0 Å². The van der Waals surface area contributed by atoms with Crippen LogP contribution in [-0.4, -0.2) is 38.3 Å². The molecule has 1 aromatic rings. The molecule has 1 saturated heterocycles. The summed E-state index contributed by atoms with van der Waals surface area (Å²) in [6.45, 7) is 2.08. The van der Waals surface area contributed by atoms with Crippen molar-refractivity contribution in [1.29, 1.82) is 0 Å². The lowest BCUT2D eigenvalue weighted by Gasteiger charge is -2.55. The van der Waals surface area contributed by atoms with Crippen LogP contribution in [-0.2, 0) is 14.9 Å². The summed E-state index contributed by atoms with van der Waals surface area (Å²) in [5, 5.41) is 3.43. The Morgan fingerprint density at radius 1 is 1.06 bits per heavy atom. The molecular formula is C27H37FN2O3. The molecule has 4 aliphatic carbocycles. The maximum absolute atomic E-state index is 13.3. The largest absolute Gasteiger partial charge is 0.489 e. The van der Waals surface area contributed by atoms with E-state index >= 15 is 0 Å². The van der Waals surface area contributed by atoms with Crippen LogP contribution >= 0.6 is 0 Å². The van der Waals surface area contributed by atoms with Crippen molar-refractivity contribution in [2.75, 3.05) is 26.4 Å². The highest BCUT2D eigenvalue weighted by Gasteiger charge is 2.54. The average molecular weight is 457 g/mol. The number of ether oxygens (including phenoxy) is 2. The molecule has 0 atom stereocenters. The van der Waals surface area contributed by atoms with E-state index in [2.05, 4.69) is 17.4 Å². The molecule has 2 bridgehead atoms. The number of halogens is 1. The van der Waals surface area contributed by atoms with Gasteiger partial charge in [-0.1, -0.05) is 12.1 Å². The molecule has 1 heterocycles. The van der Waals surface area contributed by atoms with E-state index in [9.17, 15) is 9.18 Å². The summed E-state index contributed by atoms with van der Waals surface area (Å²) in [5.74, 6) is 1.04. The summed E-state index contributed by atoms with van der Waals surface area (Å²) in [6.07, 6.45) is 11.2. The van der Waals surface area contributed by atoms with Crippen molar-refractivity contribution in [3.63, 3.8) is 0 Å². The van der Waals surface area contributed by atoms with E-state index in [1.165, 1.54) is 5.56 Å². The topological polar surface area (TPSA) is 73.6 Å². The van der Waals surface area contributed by atoms with Crippen molar-refractivity contribution < 1.29 is 18.7 Å². The fraction of sp³-hybridized carbons (Fsp3) is 0.667. The summed E-state index contributed by atoms with van der Waals surface area (Å²) in [7, 11) is 0. The molecule has 180 valence electrons. The molecule has 0 aromatic heterocycles. The molecule has 1 amide bonds. The smallest absolute Gasteiger partial charge is 0.226 e. The van der Waals surface area contributed by atoms with Gasteiger partial charge in [0.15, 0.2) is 0 Å². The number of benzene rings is 1. The van der Waals surface area contributed by atoms with Crippen LogP contribution in [0.3, 0.4) is 0 Å². The lowest BCUT2D eigenvalue weighted by Crippen LogP contribution is -2.58. The van der Waals surface area contributed by atoms with E-state index in [1.54, 1.807) is 0 Å². The average Bonchev–Trinajstić information content (AvgIpc) is 2.86. The molecule has 1 aliphatic heterocycles. The van der Waals surface area contributed by atoms with E-state index in [-0.39, 0.29) is 24.0 Å². The molecule has 33 heavy (non-hydrogen) atoms. The third-order valence-corrected chi connectivity index (χ3v) is 9.28.